The van der Waals surface area contributed by atoms with Crippen molar-refractivity contribution < 1.29 is 14.6 Å². The monoisotopic (exact) mass is 277 g/mol. The highest BCUT2D eigenvalue weighted by Gasteiger charge is 2.29. The summed E-state index contributed by atoms with van der Waals surface area (Å²) in [5, 5.41) is 13.1. The molecule has 0 radical (unpaired) electrons. The number of carbonyl (C=O) groups is 1. The zero-order valence-electron chi connectivity index (χ0n) is 12.3. The van der Waals surface area contributed by atoms with Crippen LogP contribution in [0.4, 0.5) is 0 Å². The summed E-state index contributed by atoms with van der Waals surface area (Å²) >= 11 is 0. The number of aryl methyl sites for hydroxylation is 1. The van der Waals surface area contributed by atoms with E-state index >= 15 is 0 Å². The Morgan fingerprint density at radius 2 is 2.20 bits per heavy atom. The van der Waals surface area contributed by atoms with E-state index in [9.17, 15) is 9.90 Å². The molecular formula is C16H23NO3. The predicted octanol–water partition coefficient (Wildman–Crippen LogP) is 2.56. The van der Waals surface area contributed by atoms with Crippen molar-refractivity contribution in [3.8, 4) is 5.75 Å². The van der Waals surface area contributed by atoms with E-state index < -0.39 is 0 Å². The maximum absolute atomic E-state index is 11.9. The Labute approximate surface area is 120 Å². The van der Waals surface area contributed by atoms with Crippen molar-refractivity contribution >= 4 is 5.97 Å². The van der Waals surface area contributed by atoms with Crippen molar-refractivity contribution in [2.24, 2.45) is 5.92 Å². The lowest BCUT2D eigenvalue weighted by Gasteiger charge is -2.31. The SMILES string of the molecule is COC(=O)C(NC1CCCc2ccc(O)cc21)C(C)C. The van der Waals surface area contributed by atoms with Gasteiger partial charge in [-0.1, -0.05) is 19.9 Å². The molecule has 1 aliphatic rings. The van der Waals surface area contributed by atoms with Crippen LogP contribution < -0.4 is 5.32 Å². The second kappa shape index (κ2) is 6.27. The number of carbonyl (C=O) groups excluding carboxylic acids is 1. The van der Waals surface area contributed by atoms with Crippen LogP contribution in [0.1, 0.15) is 43.9 Å². The van der Waals surface area contributed by atoms with Crippen LogP contribution in [-0.2, 0) is 16.0 Å². The largest absolute Gasteiger partial charge is 0.508 e. The van der Waals surface area contributed by atoms with Gasteiger partial charge < -0.3 is 9.84 Å². The van der Waals surface area contributed by atoms with E-state index in [1.54, 1.807) is 12.1 Å². The van der Waals surface area contributed by atoms with Crippen LogP contribution in [0, 0.1) is 5.92 Å². The summed E-state index contributed by atoms with van der Waals surface area (Å²) in [6.07, 6.45) is 3.08. The molecule has 2 rings (SSSR count). The number of phenols is 1. The molecule has 0 amide bonds. The molecule has 0 aliphatic heterocycles. The Morgan fingerprint density at radius 1 is 1.45 bits per heavy atom. The Kier molecular flexibility index (Phi) is 4.65. The molecule has 0 spiro atoms. The fourth-order valence-corrected chi connectivity index (χ4v) is 2.84. The normalized spacial score (nSPS) is 19.5. The lowest BCUT2D eigenvalue weighted by molar-refractivity contribution is -0.144. The number of nitrogens with one attached hydrogen (secondary N) is 1. The molecule has 0 aromatic heterocycles. The van der Waals surface area contributed by atoms with Crippen LogP contribution in [0.2, 0.25) is 0 Å². The topological polar surface area (TPSA) is 58.6 Å². The van der Waals surface area contributed by atoms with Crippen LogP contribution in [0.25, 0.3) is 0 Å². The Hall–Kier alpha value is -1.55. The molecule has 0 bridgehead atoms. The molecule has 4 nitrogen and oxygen atoms in total. The van der Waals surface area contributed by atoms with Gasteiger partial charge >= 0.3 is 5.97 Å². The molecule has 2 unspecified atom stereocenters. The number of phenolic OH excluding ortho intramolecular Hbond substituents is 1. The molecule has 1 aliphatic carbocycles. The zero-order chi connectivity index (χ0) is 14.7. The third kappa shape index (κ3) is 3.12. The zero-order valence-corrected chi connectivity index (χ0v) is 12.3. The van der Waals surface area contributed by atoms with Crippen molar-refractivity contribution in [3.63, 3.8) is 0 Å². The molecule has 2 N–H and O–H groups in total. The fraction of sp³-hybridized carbons (Fsp3) is 0.562. The first-order valence-electron chi connectivity index (χ1n) is 7.18. The van der Waals surface area contributed by atoms with Gasteiger partial charge in [-0.25, -0.2) is 0 Å². The number of fused-ring (bicyclic) bond motifs is 1. The highest BCUT2D eigenvalue weighted by Crippen LogP contribution is 2.32. The van der Waals surface area contributed by atoms with E-state index in [1.165, 1.54) is 12.7 Å². The maximum atomic E-state index is 11.9. The maximum Gasteiger partial charge on any atom is 0.323 e. The summed E-state index contributed by atoms with van der Waals surface area (Å²) in [6.45, 7) is 4.00. The second-order valence-corrected chi connectivity index (χ2v) is 5.74. The lowest BCUT2D eigenvalue weighted by atomic mass is 9.86. The summed E-state index contributed by atoms with van der Waals surface area (Å²) in [5.41, 5.74) is 2.35. The Balaban J connectivity index is 2.22. The summed E-state index contributed by atoms with van der Waals surface area (Å²) in [5.74, 6) is 0.203. The van der Waals surface area contributed by atoms with Gasteiger partial charge in [-0.2, -0.15) is 0 Å². The minimum atomic E-state index is -0.321. The first kappa shape index (κ1) is 14.9. The van der Waals surface area contributed by atoms with E-state index in [0.29, 0.717) is 0 Å². The van der Waals surface area contributed by atoms with Gasteiger partial charge in [0.25, 0.3) is 0 Å². The fourth-order valence-electron chi connectivity index (χ4n) is 2.84. The number of hydrogen-bond donors (Lipinski definition) is 2. The molecule has 1 aromatic rings. The van der Waals surface area contributed by atoms with Crippen LogP contribution in [0.5, 0.6) is 5.75 Å². The molecule has 0 heterocycles. The first-order chi connectivity index (χ1) is 9.52. The van der Waals surface area contributed by atoms with E-state index in [1.807, 2.05) is 19.9 Å². The van der Waals surface area contributed by atoms with E-state index in [-0.39, 0.29) is 29.7 Å². The number of ether oxygens (including phenoxy) is 1. The van der Waals surface area contributed by atoms with Crippen LogP contribution in [-0.4, -0.2) is 24.2 Å². The average Bonchev–Trinajstić information content (AvgIpc) is 2.43. The van der Waals surface area contributed by atoms with Gasteiger partial charge in [-0.3, -0.25) is 10.1 Å². The van der Waals surface area contributed by atoms with Gasteiger partial charge in [0.2, 0.25) is 0 Å². The quantitative estimate of drug-likeness (QED) is 0.830. The molecule has 0 saturated carbocycles. The summed E-state index contributed by atoms with van der Waals surface area (Å²) in [6, 6.07) is 5.28. The third-order valence-electron chi connectivity index (χ3n) is 3.95. The number of rotatable bonds is 4. The number of benzene rings is 1. The standard InChI is InChI=1S/C16H23NO3/c1-10(2)15(16(19)20-3)17-14-6-4-5-11-7-8-12(18)9-13(11)14/h7-10,14-15,17-18H,4-6H2,1-3H3. The first-order valence-corrected chi connectivity index (χ1v) is 7.18. The van der Waals surface area contributed by atoms with Gasteiger partial charge in [0, 0.05) is 6.04 Å². The minimum Gasteiger partial charge on any atom is -0.508 e. The molecular weight excluding hydrogens is 254 g/mol. The van der Waals surface area contributed by atoms with Gasteiger partial charge in [-0.05, 0) is 48.4 Å². The van der Waals surface area contributed by atoms with Crippen molar-refractivity contribution in [1.29, 1.82) is 0 Å². The van der Waals surface area contributed by atoms with Crippen molar-refractivity contribution in [2.45, 2.75) is 45.2 Å². The molecule has 2 atom stereocenters. The van der Waals surface area contributed by atoms with Gasteiger partial charge in [0.15, 0.2) is 0 Å². The van der Waals surface area contributed by atoms with Gasteiger partial charge in [0.05, 0.1) is 7.11 Å². The molecule has 20 heavy (non-hydrogen) atoms. The molecule has 110 valence electrons. The summed E-state index contributed by atoms with van der Waals surface area (Å²) in [7, 11) is 1.42. The Bertz CT molecular complexity index is 485. The molecule has 4 heteroatoms. The van der Waals surface area contributed by atoms with E-state index in [0.717, 1.165) is 24.8 Å². The Morgan fingerprint density at radius 3 is 2.85 bits per heavy atom. The minimum absolute atomic E-state index is 0.0948. The van der Waals surface area contributed by atoms with E-state index in [4.69, 9.17) is 4.74 Å². The third-order valence-corrected chi connectivity index (χ3v) is 3.95. The van der Waals surface area contributed by atoms with Gasteiger partial charge in [-0.15, -0.1) is 0 Å². The lowest BCUT2D eigenvalue weighted by Crippen LogP contribution is -2.44. The number of esters is 1. The van der Waals surface area contributed by atoms with Crippen LogP contribution >= 0.6 is 0 Å². The second-order valence-electron chi connectivity index (χ2n) is 5.74. The predicted molar refractivity (Wildman–Crippen MR) is 77.6 cm³/mol. The molecule has 1 aromatic carbocycles. The number of methoxy groups -OCH3 is 1. The highest BCUT2D eigenvalue weighted by molar-refractivity contribution is 5.76. The number of hydrogen-bond acceptors (Lipinski definition) is 4. The van der Waals surface area contributed by atoms with Crippen molar-refractivity contribution in [1.82, 2.24) is 5.32 Å². The van der Waals surface area contributed by atoms with Crippen molar-refractivity contribution in [2.75, 3.05) is 7.11 Å². The summed E-state index contributed by atoms with van der Waals surface area (Å²) < 4.78 is 4.88. The van der Waals surface area contributed by atoms with Crippen LogP contribution in [0.15, 0.2) is 18.2 Å². The molecule has 0 saturated heterocycles. The molecule has 0 fully saturated rings. The van der Waals surface area contributed by atoms with Gasteiger partial charge in [0.1, 0.15) is 11.8 Å². The number of aromatic hydroxyl groups is 1. The average molecular weight is 277 g/mol. The smallest absolute Gasteiger partial charge is 0.323 e. The highest BCUT2D eigenvalue weighted by atomic mass is 16.5. The summed E-state index contributed by atoms with van der Waals surface area (Å²) in [4.78, 5) is 11.9. The van der Waals surface area contributed by atoms with E-state index in [2.05, 4.69) is 5.32 Å². The van der Waals surface area contributed by atoms with Crippen LogP contribution in [0.3, 0.4) is 0 Å². The van der Waals surface area contributed by atoms with Crippen molar-refractivity contribution in [3.05, 3.63) is 29.3 Å².